The number of carboxylic acids is 1. The molecule has 1 aromatic rings. The minimum Gasteiger partial charge on any atom is -0.493 e. The molecule has 0 saturated heterocycles. The van der Waals surface area contributed by atoms with Crippen LogP contribution in [0.15, 0.2) is 18.2 Å². The second-order valence-corrected chi connectivity index (χ2v) is 5.30. The standard InChI is InChI=1S/C15H21NO3/c1-4-16-12-6-5-7-14(19-9-10(2)3)11(12)8-13(16)15(17)18/h5-7,10,13H,4,8-9H2,1-3H3,(H,17,18). The molecule has 1 atom stereocenters. The number of fused-ring (bicyclic) bond motifs is 1. The quantitative estimate of drug-likeness (QED) is 0.887. The Kier molecular flexibility index (Phi) is 3.98. The number of carboxylic acid groups (broad SMARTS) is 1. The molecule has 1 aliphatic heterocycles. The molecule has 1 aliphatic rings. The van der Waals surface area contributed by atoms with Crippen LogP contribution >= 0.6 is 0 Å². The Labute approximate surface area is 114 Å². The molecule has 0 amide bonds. The van der Waals surface area contributed by atoms with E-state index in [1.54, 1.807) is 0 Å². The van der Waals surface area contributed by atoms with Crippen molar-refractivity contribution < 1.29 is 14.6 Å². The van der Waals surface area contributed by atoms with E-state index in [4.69, 9.17) is 4.74 Å². The summed E-state index contributed by atoms with van der Waals surface area (Å²) in [6, 6.07) is 5.37. The van der Waals surface area contributed by atoms with Crippen LogP contribution in [0.5, 0.6) is 5.75 Å². The summed E-state index contributed by atoms with van der Waals surface area (Å²) in [5, 5.41) is 9.31. The van der Waals surface area contributed by atoms with Gasteiger partial charge in [-0.3, -0.25) is 0 Å². The number of hydrogen-bond donors (Lipinski definition) is 1. The van der Waals surface area contributed by atoms with Crippen LogP contribution in [-0.4, -0.2) is 30.3 Å². The molecule has 1 N–H and O–H groups in total. The first-order chi connectivity index (χ1) is 9.04. The van der Waals surface area contributed by atoms with Gasteiger partial charge in [0.15, 0.2) is 0 Å². The fraction of sp³-hybridized carbons (Fsp3) is 0.533. The second kappa shape index (κ2) is 5.51. The number of anilines is 1. The molecular weight excluding hydrogens is 242 g/mol. The van der Waals surface area contributed by atoms with Crippen LogP contribution in [0.25, 0.3) is 0 Å². The highest BCUT2D eigenvalue weighted by Gasteiger charge is 2.35. The molecule has 2 rings (SSSR count). The summed E-state index contributed by atoms with van der Waals surface area (Å²) >= 11 is 0. The zero-order chi connectivity index (χ0) is 14.0. The normalized spacial score (nSPS) is 17.7. The minimum absolute atomic E-state index is 0.454. The number of nitrogens with zero attached hydrogens (tertiary/aromatic N) is 1. The predicted molar refractivity (Wildman–Crippen MR) is 74.9 cm³/mol. The van der Waals surface area contributed by atoms with Gasteiger partial charge in [0.1, 0.15) is 11.8 Å². The SMILES string of the molecule is CCN1c2cccc(OCC(C)C)c2CC1C(=O)O. The van der Waals surface area contributed by atoms with Crippen molar-refractivity contribution in [1.29, 1.82) is 0 Å². The highest BCUT2D eigenvalue weighted by Crippen LogP contribution is 2.38. The summed E-state index contributed by atoms with van der Waals surface area (Å²) in [7, 11) is 0. The van der Waals surface area contributed by atoms with E-state index in [1.807, 2.05) is 30.0 Å². The Bertz CT molecular complexity index is 470. The van der Waals surface area contributed by atoms with E-state index < -0.39 is 12.0 Å². The van der Waals surface area contributed by atoms with Gasteiger partial charge in [-0.25, -0.2) is 4.79 Å². The Morgan fingerprint density at radius 1 is 1.53 bits per heavy atom. The molecule has 0 fully saturated rings. The van der Waals surface area contributed by atoms with E-state index in [0.717, 1.165) is 17.0 Å². The second-order valence-electron chi connectivity index (χ2n) is 5.30. The van der Waals surface area contributed by atoms with Crippen molar-refractivity contribution in [1.82, 2.24) is 0 Å². The summed E-state index contributed by atoms with van der Waals surface area (Å²) in [4.78, 5) is 13.3. The lowest BCUT2D eigenvalue weighted by Gasteiger charge is -2.22. The monoisotopic (exact) mass is 263 g/mol. The Balaban J connectivity index is 2.29. The molecule has 0 aliphatic carbocycles. The number of rotatable bonds is 5. The number of hydrogen-bond acceptors (Lipinski definition) is 3. The minimum atomic E-state index is -0.771. The van der Waals surface area contributed by atoms with Crippen molar-refractivity contribution in [3.8, 4) is 5.75 Å². The highest BCUT2D eigenvalue weighted by molar-refractivity contribution is 5.83. The van der Waals surface area contributed by atoms with Crippen molar-refractivity contribution in [2.24, 2.45) is 5.92 Å². The maximum Gasteiger partial charge on any atom is 0.326 e. The van der Waals surface area contributed by atoms with Crippen LogP contribution in [0.4, 0.5) is 5.69 Å². The lowest BCUT2D eigenvalue weighted by Crippen LogP contribution is -2.38. The lowest BCUT2D eigenvalue weighted by molar-refractivity contribution is -0.138. The molecule has 19 heavy (non-hydrogen) atoms. The number of likely N-dealkylation sites (N-methyl/N-ethyl adjacent to an activating group) is 1. The van der Waals surface area contributed by atoms with E-state index in [0.29, 0.717) is 25.5 Å². The number of aliphatic carboxylic acids is 1. The molecule has 0 spiro atoms. The molecule has 0 bridgehead atoms. The topological polar surface area (TPSA) is 49.8 Å². The van der Waals surface area contributed by atoms with E-state index in [1.165, 1.54) is 0 Å². The molecular formula is C15H21NO3. The first-order valence-corrected chi connectivity index (χ1v) is 6.78. The van der Waals surface area contributed by atoms with E-state index >= 15 is 0 Å². The van der Waals surface area contributed by atoms with Gasteiger partial charge in [-0.15, -0.1) is 0 Å². The van der Waals surface area contributed by atoms with Crippen LogP contribution < -0.4 is 9.64 Å². The van der Waals surface area contributed by atoms with Crippen molar-refractivity contribution in [2.75, 3.05) is 18.1 Å². The molecule has 0 saturated carbocycles. The van der Waals surface area contributed by atoms with Gasteiger partial charge in [0, 0.05) is 24.2 Å². The maximum atomic E-state index is 11.3. The molecule has 4 nitrogen and oxygen atoms in total. The van der Waals surface area contributed by atoms with Crippen LogP contribution in [0, 0.1) is 5.92 Å². The molecule has 1 unspecified atom stereocenters. The van der Waals surface area contributed by atoms with Gasteiger partial charge in [-0.05, 0) is 25.0 Å². The van der Waals surface area contributed by atoms with Gasteiger partial charge in [0.2, 0.25) is 0 Å². The summed E-state index contributed by atoms with van der Waals surface area (Å²) in [6.07, 6.45) is 0.521. The van der Waals surface area contributed by atoms with Crippen molar-refractivity contribution in [3.05, 3.63) is 23.8 Å². The van der Waals surface area contributed by atoms with Gasteiger partial charge in [-0.1, -0.05) is 19.9 Å². The van der Waals surface area contributed by atoms with Gasteiger partial charge < -0.3 is 14.7 Å². The summed E-state index contributed by atoms with van der Waals surface area (Å²) in [6.45, 7) is 7.52. The third-order valence-electron chi connectivity index (χ3n) is 3.39. The largest absolute Gasteiger partial charge is 0.493 e. The smallest absolute Gasteiger partial charge is 0.326 e. The first-order valence-electron chi connectivity index (χ1n) is 6.78. The Morgan fingerprint density at radius 3 is 2.84 bits per heavy atom. The van der Waals surface area contributed by atoms with Gasteiger partial charge in [0.05, 0.1) is 6.61 Å². The first kappa shape index (κ1) is 13.7. The average Bonchev–Trinajstić information content (AvgIpc) is 2.75. The molecule has 4 heteroatoms. The number of benzene rings is 1. The van der Waals surface area contributed by atoms with Gasteiger partial charge in [-0.2, -0.15) is 0 Å². The lowest BCUT2D eigenvalue weighted by atomic mass is 10.1. The van der Waals surface area contributed by atoms with E-state index in [-0.39, 0.29) is 0 Å². The zero-order valence-electron chi connectivity index (χ0n) is 11.7. The van der Waals surface area contributed by atoms with E-state index in [9.17, 15) is 9.90 Å². The average molecular weight is 263 g/mol. The molecule has 0 radical (unpaired) electrons. The molecule has 1 heterocycles. The van der Waals surface area contributed by atoms with Gasteiger partial charge >= 0.3 is 5.97 Å². The molecule has 1 aromatic carbocycles. The van der Waals surface area contributed by atoms with Crippen LogP contribution in [-0.2, 0) is 11.2 Å². The van der Waals surface area contributed by atoms with Crippen molar-refractivity contribution in [2.45, 2.75) is 33.2 Å². The highest BCUT2D eigenvalue weighted by atomic mass is 16.5. The van der Waals surface area contributed by atoms with Crippen LogP contribution in [0.2, 0.25) is 0 Å². The fourth-order valence-electron chi connectivity index (χ4n) is 2.50. The summed E-state index contributed by atoms with van der Waals surface area (Å²) < 4.78 is 5.81. The van der Waals surface area contributed by atoms with Gasteiger partial charge in [0.25, 0.3) is 0 Å². The summed E-state index contributed by atoms with van der Waals surface area (Å²) in [5.74, 6) is 0.510. The zero-order valence-corrected chi connectivity index (χ0v) is 11.7. The van der Waals surface area contributed by atoms with Crippen molar-refractivity contribution >= 4 is 11.7 Å². The Morgan fingerprint density at radius 2 is 2.26 bits per heavy atom. The third kappa shape index (κ3) is 2.67. The van der Waals surface area contributed by atoms with Crippen LogP contribution in [0.1, 0.15) is 26.3 Å². The van der Waals surface area contributed by atoms with E-state index in [2.05, 4.69) is 13.8 Å². The third-order valence-corrected chi connectivity index (χ3v) is 3.39. The number of ether oxygens (including phenoxy) is 1. The maximum absolute atomic E-state index is 11.3. The molecule has 0 aromatic heterocycles. The van der Waals surface area contributed by atoms with Crippen LogP contribution in [0.3, 0.4) is 0 Å². The fourth-order valence-corrected chi connectivity index (χ4v) is 2.50. The Hall–Kier alpha value is -1.71. The molecule has 104 valence electrons. The van der Waals surface area contributed by atoms with Crippen molar-refractivity contribution in [3.63, 3.8) is 0 Å². The predicted octanol–water partition coefficient (Wildman–Crippen LogP) is 2.56. The summed E-state index contributed by atoms with van der Waals surface area (Å²) in [5.41, 5.74) is 2.02. The number of carbonyl (C=O) groups is 1.